The first kappa shape index (κ1) is 12.7. The first-order chi connectivity index (χ1) is 8.61. The third-order valence-electron chi connectivity index (χ3n) is 2.51. The summed E-state index contributed by atoms with van der Waals surface area (Å²) in [6.07, 6.45) is 3.00. The molecule has 18 heavy (non-hydrogen) atoms. The second-order valence-corrected chi connectivity index (χ2v) is 4.67. The second kappa shape index (κ2) is 5.27. The lowest BCUT2D eigenvalue weighted by Crippen LogP contribution is -2.13. The van der Waals surface area contributed by atoms with Crippen LogP contribution in [0, 0.1) is 0 Å². The van der Waals surface area contributed by atoms with Crippen molar-refractivity contribution >= 4 is 27.5 Å². The fraction of sp³-hybridized carbons (Fsp3) is 0.154. The van der Waals surface area contributed by atoms with E-state index in [1.165, 1.54) is 6.20 Å². The molecule has 2 aromatic rings. The number of carbonyl (C=O) groups excluding carboxylic acids is 2. The number of benzene rings is 1. The third kappa shape index (κ3) is 2.56. The molecule has 0 saturated carbocycles. The number of carbonyl (C=O) groups is 2. The molecule has 0 unspecified atom stereocenters. The zero-order valence-corrected chi connectivity index (χ0v) is 11.3. The van der Waals surface area contributed by atoms with Gasteiger partial charge in [-0.25, -0.2) is 0 Å². The van der Waals surface area contributed by atoms with Crippen molar-refractivity contribution in [2.75, 3.05) is 0 Å². The molecule has 0 aliphatic carbocycles. The van der Waals surface area contributed by atoms with E-state index in [1.807, 2.05) is 6.92 Å². The lowest BCUT2D eigenvalue weighted by atomic mass is 10.0. The molecule has 2 rings (SSSR count). The number of Topliss-reactive ketones (excluding diaryl/α,β-unsaturated/α-hetero) is 2. The number of hydrogen-bond donors (Lipinski definition) is 0. The van der Waals surface area contributed by atoms with Crippen LogP contribution in [0.3, 0.4) is 0 Å². The van der Waals surface area contributed by atoms with Gasteiger partial charge < -0.3 is 0 Å². The molecule has 0 N–H and O–H groups in total. The number of ketones is 2. The van der Waals surface area contributed by atoms with Gasteiger partial charge >= 0.3 is 0 Å². The standard InChI is InChI=1S/C13H11BrN2O2/c1-2-16-8-10(7-15-16)13(18)12(17)9-4-3-5-11(14)6-9/h3-8H,2H2,1H3. The van der Waals surface area contributed by atoms with Gasteiger partial charge in [0.25, 0.3) is 0 Å². The third-order valence-corrected chi connectivity index (χ3v) is 3.01. The van der Waals surface area contributed by atoms with E-state index in [0.717, 1.165) is 4.47 Å². The van der Waals surface area contributed by atoms with Gasteiger partial charge in [0.1, 0.15) is 0 Å². The first-order valence-electron chi connectivity index (χ1n) is 5.49. The summed E-state index contributed by atoms with van der Waals surface area (Å²) >= 11 is 3.27. The van der Waals surface area contributed by atoms with E-state index in [2.05, 4.69) is 21.0 Å². The van der Waals surface area contributed by atoms with Gasteiger partial charge in [-0.1, -0.05) is 28.1 Å². The van der Waals surface area contributed by atoms with Crippen LogP contribution in [-0.2, 0) is 6.54 Å². The van der Waals surface area contributed by atoms with Gasteiger partial charge in [-0.15, -0.1) is 0 Å². The summed E-state index contributed by atoms with van der Waals surface area (Å²) < 4.78 is 2.38. The van der Waals surface area contributed by atoms with Crippen molar-refractivity contribution in [1.29, 1.82) is 0 Å². The monoisotopic (exact) mass is 306 g/mol. The Hall–Kier alpha value is -1.75. The second-order valence-electron chi connectivity index (χ2n) is 3.75. The van der Waals surface area contributed by atoms with E-state index < -0.39 is 11.6 Å². The molecule has 0 aliphatic heterocycles. The van der Waals surface area contributed by atoms with E-state index in [0.29, 0.717) is 17.7 Å². The van der Waals surface area contributed by atoms with E-state index in [1.54, 1.807) is 35.1 Å². The maximum absolute atomic E-state index is 12.0. The largest absolute Gasteiger partial charge is 0.285 e. The predicted octanol–water partition coefficient (Wildman–Crippen LogP) is 2.73. The molecular formula is C13H11BrN2O2. The molecule has 4 nitrogen and oxygen atoms in total. The lowest BCUT2D eigenvalue weighted by Gasteiger charge is -1.99. The normalized spacial score (nSPS) is 10.3. The Morgan fingerprint density at radius 3 is 2.61 bits per heavy atom. The van der Waals surface area contributed by atoms with Gasteiger partial charge in [-0.05, 0) is 19.1 Å². The summed E-state index contributed by atoms with van der Waals surface area (Å²) in [5.74, 6) is -1.06. The highest BCUT2D eigenvalue weighted by Gasteiger charge is 2.19. The maximum atomic E-state index is 12.0. The highest BCUT2D eigenvalue weighted by molar-refractivity contribution is 9.10. The van der Waals surface area contributed by atoms with Crippen LogP contribution in [0.2, 0.25) is 0 Å². The van der Waals surface area contributed by atoms with Crippen molar-refractivity contribution in [3.05, 3.63) is 52.3 Å². The minimum atomic E-state index is -0.534. The smallest absolute Gasteiger partial charge is 0.236 e. The van der Waals surface area contributed by atoms with Crippen molar-refractivity contribution in [3.63, 3.8) is 0 Å². The van der Waals surface area contributed by atoms with Crippen molar-refractivity contribution in [3.8, 4) is 0 Å². The Morgan fingerprint density at radius 1 is 1.28 bits per heavy atom. The van der Waals surface area contributed by atoms with Crippen molar-refractivity contribution < 1.29 is 9.59 Å². The zero-order chi connectivity index (χ0) is 13.1. The molecule has 0 saturated heterocycles. The number of nitrogens with zero attached hydrogens (tertiary/aromatic N) is 2. The molecule has 1 aromatic carbocycles. The zero-order valence-electron chi connectivity index (χ0n) is 9.76. The van der Waals surface area contributed by atoms with Crippen LogP contribution < -0.4 is 0 Å². The maximum Gasteiger partial charge on any atom is 0.236 e. The van der Waals surface area contributed by atoms with Crippen LogP contribution in [0.1, 0.15) is 27.6 Å². The quantitative estimate of drug-likeness (QED) is 0.644. The number of aryl methyl sites for hydroxylation is 1. The van der Waals surface area contributed by atoms with Gasteiger partial charge in [-0.3, -0.25) is 14.3 Å². The van der Waals surface area contributed by atoms with Crippen molar-refractivity contribution in [2.24, 2.45) is 0 Å². The van der Waals surface area contributed by atoms with Gasteiger partial charge in [0, 0.05) is 22.8 Å². The highest BCUT2D eigenvalue weighted by atomic mass is 79.9. The topological polar surface area (TPSA) is 52.0 Å². The molecule has 5 heteroatoms. The Morgan fingerprint density at radius 2 is 2.00 bits per heavy atom. The van der Waals surface area contributed by atoms with E-state index in [-0.39, 0.29) is 0 Å². The van der Waals surface area contributed by atoms with Gasteiger partial charge in [-0.2, -0.15) is 5.10 Å². The SMILES string of the molecule is CCn1cc(C(=O)C(=O)c2cccc(Br)c2)cn1. The Bertz CT molecular complexity index is 605. The molecule has 92 valence electrons. The van der Waals surface area contributed by atoms with Gasteiger partial charge in [0.15, 0.2) is 0 Å². The molecule has 1 heterocycles. The summed E-state index contributed by atoms with van der Waals surface area (Å²) in [7, 11) is 0. The van der Waals surface area contributed by atoms with Crippen molar-refractivity contribution in [1.82, 2.24) is 9.78 Å². The summed E-state index contributed by atoms with van der Waals surface area (Å²) in [6, 6.07) is 6.77. The van der Waals surface area contributed by atoms with Crippen LogP contribution >= 0.6 is 15.9 Å². The minimum Gasteiger partial charge on any atom is -0.285 e. The molecule has 0 amide bonds. The van der Waals surface area contributed by atoms with E-state index in [9.17, 15) is 9.59 Å². The van der Waals surface area contributed by atoms with Crippen molar-refractivity contribution in [2.45, 2.75) is 13.5 Å². The summed E-state index contributed by atoms with van der Waals surface area (Å²) in [5, 5.41) is 3.98. The van der Waals surface area contributed by atoms with Crippen LogP contribution in [0.25, 0.3) is 0 Å². The minimum absolute atomic E-state index is 0.321. The summed E-state index contributed by atoms with van der Waals surface area (Å²) in [4.78, 5) is 24.0. The van der Waals surface area contributed by atoms with Crippen LogP contribution in [0.5, 0.6) is 0 Å². The fourth-order valence-corrected chi connectivity index (χ4v) is 1.94. The Kier molecular flexibility index (Phi) is 3.72. The number of hydrogen-bond acceptors (Lipinski definition) is 3. The van der Waals surface area contributed by atoms with E-state index in [4.69, 9.17) is 0 Å². The number of rotatable bonds is 4. The Labute approximate surface area is 113 Å². The van der Waals surface area contributed by atoms with Crippen LogP contribution in [0.4, 0.5) is 0 Å². The molecule has 1 aromatic heterocycles. The lowest BCUT2D eigenvalue weighted by molar-refractivity contribution is 0.0817. The van der Waals surface area contributed by atoms with Crippen LogP contribution in [-0.4, -0.2) is 21.3 Å². The van der Waals surface area contributed by atoms with Gasteiger partial charge in [0.2, 0.25) is 11.6 Å². The average molecular weight is 307 g/mol. The Balaban J connectivity index is 2.26. The van der Waals surface area contributed by atoms with E-state index >= 15 is 0 Å². The highest BCUT2D eigenvalue weighted by Crippen LogP contribution is 2.14. The molecule has 0 atom stereocenters. The van der Waals surface area contributed by atoms with Crippen LogP contribution in [0.15, 0.2) is 41.1 Å². The van der Waals surface area contributed by atoms with Gasteiger partial charge in [0.05, 0.1) is 11.8 Å². The number of aromatic nitrogens is 2. The fourth-order valence-electron chi connectivity index (χ4n) is 1.55. The molecule has 0 spiro atoms. The molecule has 0 bridgehead atoms. The molecule has 0 radical (unpaired) electrons. The average Bonchev–Trinajstić information content (AvgIpc) is 2.85. The molecular weight excluding hydrogens is 296 g/mol. The first-order valence-corrected chi connectivity index (χ1v) is 6.28. The number of halogens is 1. The predicted molar refractivity (Wildman–Crippen MR) is 70.7 cm³/mol. The summed E-state index contributed by atoms with van der Waals surface area (Å²) in [6.45, 7) is 2.58. The summed E-state index contributed by atoms with van der Waals surface area (Å²) in [5.41, 5.74) is 0.695. The molecule has 0 aliphatic rings. The molecule has 0 fully saturated rings.